The zero-order chi connectivity index (χ0) is 14.9. The van der Waals surface area contributed by atoms with E-state index in [1.165, 1.54) is 5.56 Å². The van der Waals surface area contributed by atoms with E-state index in [9.17, 15) is 4.79 Å². The van der Waals surface area contributed by atoms with Gasteiger partial charge in [0.1, 0.15) is 0 Å². The van der Waals surface area contributed by atoms with E-state index in [-0.39, 0.29) is 5.91 Å². The van der Waals surface area contributed by atoms with E-state index in [2.05, 4.69) is 33.4 Å². The Morgan fingerprint density at radius 2 is 1.70 bits per heavy atom. The molecule has 0 bridgehead atoms. The van der Waals surface area contributed by atoms with Gasteiger partial charge in [-0.25, -0.2) is 0 Å². The highest BCUT2D eigenvalue weighted by Gasteiger charge is 2.11. The fraction of sp³-hybridized carbons (Fsp3) is 0.188. The molecule has 2 aromatic rings. The van der Waals surface area contributed by atoms with Crippen molar-refractivity contribution in [3.8, 4) is 0 Å². The number of carbonyl (C=O) groups excluding carboxylic acids is 1. The number of aryl methyl sites for hydroxylation is 3. The fourth-order valence-electron chi connectivity index (χ4n) is 2.20. The summed E-state index contributed by atoms with van der Waals surface area (Å²) in [6.07, 6.45) is 0. The molecule has 2 nitrogen and oxygen atoms in total. The SMILES string of the molecule is Cc1cc(C)c(NC(=O)c2ccc(Cl)c(Br)c2)c(C)c1. The summed E-state index contributed by atoms with van der Waals surface area (Å²) in [7, 11) is 0. The summed E-state index contributed by atoms with van der Waals surface area (Å²) < 4.78 is 0.712. The van der Waals surface area contributed by atoms with Crippen molar-refractivity contribution < 1.29 is 4.79 Å². The van der Waals surface area contributed by atoms with Gasteiger partial charge >= 0.3 is 0 Å². The standard InChI is InChI=1S/C16H15BrClNO/c1-9-6-10(2)15(11(3)7-9)19-16(20)12-4-5-14(18)13(17)8-12/h4-8H,1-3H3,(H,19,20). The van der Waals surface area contributed by atoms with Crippen LogP contribution < -0.4 is 5.32 Å². The highest BCUT2D eigenvalue weighted by molar-refractivity contribution is 9.10. The molecule has 2 rings (SSSR count). The summed E-state index contributed by atoms with van der Waals surface area (Å²) in [6.45, 7) is 6.03. The van der Waals surface area contributed by atoms with E-state index >= 15 is 0 Å². The minimum Gasteiger partial charge on any atom is -0.322 e. The smallest absolute Gasteiger partial charge is 0.255 e. The van der Waals surface area contributed by atoms with Crippen LogP contribution in [0, 0.1) is 20.8 Å². The molecule has 0 unspecified atom stereocenters. The van der Waals surface area contributed by atoms with Crippen LogP contribution in [0.4, 0.5) is 5.69 Å². The van der Waals surface area contributed by atoms with Gasteiger partial charge in [-0.1, -0.05) is 29.3 Å². The number of halogens is 2. The molecular formula is C16H15BrClNO. The van der Waals surface area contributed by atoms with Crippen LogP contribution in [0.15, 0.2) is 34.8 Å². The molecule has 104 valence electrons. The Morgan fingerprint density at radius 1 is 1.10 bits per heavy atom. The number of carbonyl (C=O) groups is 1. The number of rotatable bonds is 2. The van der Waals surface area contributed by atoms with Crippen LogP contribution in [0.25, 0.3) is 0 Å². The Morgan fingerprint density at radius 3 is 2.25 bits per heavy atom. The monoisotopic (exact) mass is 351 g/mol. The number of hydrogen-bond donors (Lipinski definition) is 1. The second kappa shape index (κ2) is 5.98. The van der Waals surface area contributed by atoms with Crippen LogP contribution in [0.3, 0.4) is 0 Å². The first-order valence-electron chi connectivity index (χ1n) is 6.22. The summed E-state index contributed by atoms with van der Waals surface area (Å²) in [5.41, 5.74) is 4.74. The Bertz CT molecular complexity index is 659. The van der Waals surface area contributed by atoms with Crippen LogP contribution >= 0.6 is 27.5 Å². The normalized spacial score (nSPS) is 10.4. The highest BCUT2D eigenvalue weighted by Crippen LogP contribution is 2.25. The van der Waals surface area contributed by atoms with Crippen molar-refractivity contribution in [3.63, 3.8) is 0 Å². The highest BCUT2D eigenvalue weighted by atomic mass is 79.9. The van der Waals surface area contributed by atoms with Crippen LogP contribution in [0.1, 0.15) is 27.0 Å². The van der Waals surface area contributed by atoms with Gasteiger partial charge in [-0.15, -0.1) is 0 Å². The molecule has 20 heavy (non-hydrogen) atoms. The predicted octanol–water partition coefficient (Wildman–Crippen LogP) is 5.28. The maximum absolute atomic E-state index is 12.3. The fourth-order valence-corrected chi connectivity index (χ4v) is 2.70. The lowest BCUT2D eigenvalue weighted by atomic mass is 10.0. The molecule has 2 aromatic carbocycles. The van der Waals surface area contributed by atoms with E-state index in [1.54, 1.807) is 18.2 Å². The summed E-state index contributed by atoms with van der Waals surface area (Å²) in [4.78, 5) is 12.3. The van der Waals surface area contributed by atoms with Crippen molar-refractivity contribution in [1.29, 1.82) is 0 Å². The van der Waals surface area contributed by atoms with Gasteiger partial charge in [0.05, 0.1) is 5.02 Å². The summed E-state index contributed by atoms with van der Waals surface area (Å²) in [5, 5.41) is 3.55. The van der Waals surface area contributed by atoms with Crippen molar-refractivity contribution in [1.82, 2.24) is 0 Å². The van der Waals surface area contributed by atoms with Crippen molar-refractivity contribution >= 4 is 39.1 Å². The van der Waals surface area contributed by atoms with Gasteiger partial charge in [0.2, 0.25) is 0 Å². The molecule has 0 saturated carbocycles. The first-order chi connectivity index (χ1) is 9.38. The molecule has 4 heteroatoms. The summed E-state index contributed by atoms with van der Waals surface area (Å²) in [5.74, 6) is -0.141. The van der Waals surface area contributed by atoms with Gasteiger partial charge < -0.3 is 5.32 Å². The minimum atomic E-state index is -0.141. The van der Waals surface area contributed by atoms with Gasteiger partial charge in [0.15, 0.2) is 0 Å². The van der Waals surface area contributed by atoms with Crippen molar-refractivity contribution in [2.24, 2.45) is 0 Å². The molecule has 0 aliphatic heterocycles. The largest absolute Gasteiger partial charge is 0.322 e. The van der Waals surface area contributed by atoms with Crippen molar-refractivity contribution in [3.05, 3.63) is 62.1 Å². The zero-order valence-corrected chi connectivity index (χ0v) is 13.9. The average Bonchev–Trinajstić information content (AvgIpc) is 2.36. The van der Waals surface area contributed by atoms with Crippen LogP contribution in [-0.2, 0) is 0 Å². The number of benzene rings is 2. The number of amides is 1. The van der Waals surface area contributed by atoms with Crippen LogP contribution in [0.5, 0.6) is 0 Å². The molecule has 0 fully saturated rings. The second-order valence-corrected chi connectivity index (χ2v) is 6.12. The van der Waals surface area contributed by atoms with E-state index < -0.39 is 0 Å². The lowest BCUT2D eigenvalue weighted by Crippen LogP contribution is -2.14. The Balaban J connectivity index is 2.30. The van der Waals surface area contributed by atoms with Gasteiger partial charge in [-0.2, -0.15) is 0 Å². The quantitative estimate of drug-likeness (QED) is 0.782. The van der Waals surface area contributed by atoms with Crippen molar-refractivity contribution in [2.75, 3.05) is 5.32 Å². The van der Waals surface area contributed by atoms with E-state index in [1.807, 2.05) is 20.8 Å². The van der Waals surface area contributed by atoms with Gasteiger partial charge in [-0.3, -0.25) is 4.79 Å². The van der Waals surface area contributed by atoms with Gasteiger partial charge in [0, 0.05) is 15.7 Å². The maximum atomic E-state index is 12.3. The van der Waals surface area contributed by atoms with Crippen LogP contribution in [0.2, 0.25) is 5.02 Å². The minimum absolute atomic E-state index is 0.141. The van der Waals surface area contributed by atoms with E-state index in [0.29, 0.717) is 15.1 Å². The average molecular weight is 353 g/mol. The summed E-state index contributed by atoms with van der Waals surface area (Å²) >= 11 is 9.26. The third kappa shape index (κ3) is 3.22. The molecule has 0 heterocycles. The predicted molar refractivity (Wildman–Crippen MR) is 87.8 cm³/mol. The third-order valence-electron chi connectivity index (χ3n) is 3.10. The van der Waals surface area contributed by atoms with E-state index in [4.69, 9.17) is 11.6 Å². The molecule has 0 aromatic heterocycles. The number of nitrogens with one attached hydrogen (secondary N) is 1. The van der Waals surface area contributed by atoms with Crippen LogP contribution in [-0.4, -0.2) is 5.91 Å². The molecule has 0 saturated heterocycles. The Hall–Kier alpha value is -1.32. The van der Waals surface area contributed by atoms with Crippen molar-refractivity contribution in [2.45, 2.75) is 20.8 Å². The third-order valence-corrected chi connectivity index (χ3v) is 4.31. The van der Waals surface area contributed by atoms with E-state index in [0.717, 1.165) is 16.8 Å². The lowest BCUT2D eigenvalue weighted by molar-refractivity contribution is 0.102. The Kier molecular flexibility index (Phi) is 4.51. The first-order valence-corrected chi connectivity index (χ1v) is 7.40. The Labute approximate surface area is 132 Å². The molecule has 1 N–H and O–H groups in total. The molecule has 0 radical (unpaired) electrons. The molecular weight excluding hydrogens is 338 g/mol. The first kappa shape index (κ1) is 15.1. The molecule has 0 spiro atoms. The molecule has 0 aliphatic rings. The van der Waals surface area contributed by atoms with Gasteiger partial charge in [0.25, 0.3) is 5.91 Å². The summed E-state index contributed by atoms with van der Waals surface area (Å²) in [6, 6.07) is 9.24. The maximum Gasteiger partial charge on any atom is 0.255 e. The number of hydrogen-bond acceptors (Lipinski definition) is 1. The molecule has 0 atom stereocenters. The lowest BCUT2D eigenvalue weighted by Gasteiger charge is -2.13. The van der Waals surface area contributed by atoms with Gasteiger partial charge in [-0.05, 0) is 66.0 Å². The zero-order valence-electron chi connectivity index (χ0n) is 11.6. The second-order valence-electron chi connectivity index (χ2n) is 4.86. The molecule has 0 aliphatic carbocycles. The number of anilines is 1. The topological polar surface area (TPSA) is 29.1 Å². The molecule has 1 amide bonds.